The van der Waals surface area contributed by atoms with Crippen LogP contribution in [0.3, 0.4) is 0 Å². The fourth-order valence-electron chi connectivity index (χ4n) is 4.48. The summed E-state index contributed by atoms with van der Waals surface area (Å²) in [5.41, 5.74) is 0.440. The van der Waals surface area contributed by atoms with Crippen molar-refractivity contribution in [2.45, 2.75) is 31.7 Å². The van der Waals surface area contributed by atoms with Crippen LogP contribution in [0.5, 0.6) is 11.5 Å². The van der Waals surface area contributed by atoms with Crippen LogP contribution in [0.4, 0.5) is 0 Å². The molecule has 0 bridgehead atoms. The summed E-state index contributed by atoms with van der Waals surface area (Å²) in [6.07, 6.45) is 2.86. The first kappa shape index (κ1) is 16.1. The van der Waals surface area contributed by atoms with Gasteiger partial charge in [0.2, 0.25) is 6.79 Å². The Morgan fingerprint density at radius 1 is 1.12 bits per heavy atom. The summed E-state index contributed by atoms with van der Waals surface area (Å²) >= 11 is 0. The molecule has 1 N–H and O–H groups in total. The maximum Gasteiger partial charge on any atom is 0.231 e. The van der Waals surface area contributed by atoms with Crippen LogP contribution in [0, 0.1) is 11.8 Å². The molecule has 1 fully saturated rings. The third-order valence-electron chi connectivity index (χ3n) is 6.15. The Kier molecular flexibility index (Phi) is 3.35. The number of Topliss-reactive ketones (excluding diaryl/α,β-unsaturated/α-hetero) is 1. The van der Waals surface area contributed by atoms with Crippen molar-refractivity contribution in [2.24, 2.45) is 11.8 Å². The van der Waals surface area contributed by atoms with Crippen LogP contribution in [-0.2, 0) is 19.9 Å². The van der Waals surface area contributed by atoms with Crippen molar-refractivity contribution in [3.8, 4) is 11.5 Å². The van der Waals surface area contributed by atoms with Crippen LogP contribution in [0.1, 0.15) is 19.4 Å². The van der Waals surface area contributed by atoms with Crippen LogP contribution in [0.2, 0.25) is 0 Å². The Morgan fingerprint density at radius 2 is 1.92 bits per heavy atom. The maximum absolute atomic E-state index is 12.9. The van der Waals surface area contributed by atoms with Gasteiger partial charge in [-0.25, -0.2) is 0 Å². The minimum Gasteiger partial charge on any atom is -0.454 e. The molecular weight excluding hydrogens is 336 g/mol. The molecule has 2 heterocycles. The molecular formula is C20H20O6. The van der Waals surface area contributed by atoms with E-state index in [0.717, 1.165) is 0 Å². The first-order valence-electron chi connectivity index (χ1n) is 8.84. The number of rotatable bonds is 1. The summed E-state index contributed by atoms with van der Waals surface area (Å²) in [5.74, 6) is 0.628. The Hall–Kier alpha value is -2.15. The van der Waals surface area contributed by atoms with E-state index in [1.54, 1.807) is 18.2 Å². The second-order valence-electron chi connectivity index (χ2n) is 7.30. The number of ketones is 1. The molecule has 1 aromatic carbocycles. The number of hydrogen-bond acceptors (Lipinski definition) is 6. The summed E-state index contributed by atoms with van der Waals surface area (Å²) in [6, 6.07) is 5.43. The smallest absolute Gasteiger partial charge is 0.231 e. The van der Waals surface area contributed by atoms with Crippen LogP contribution in [0.25, 0.3) is 0 Å². The second-order valence-corrected chi connectivity index (χ2v) is 7.30. The van der Waals surface area contributed by atoms with E-state index < -0.39 is 11.7 Å². The van der Waals surface area contributed by atoms with Gasteiger partial charge in [-0.05, 0) is 17.7 Å². The molecule has 2 aliphatic heterocycles. The number of fused-ring (bicyclic) bond motifs is 3. The summed E-state index contributed by atoms with van der Waals surface area (Å²) in [5, 5.41) is 12.0. The third-order valence-corrected chi connectivity index (χ3v) is 6.15. The molecule has 136 valence electrons. The molecule has 0 spiro atoms. The topological polar surface area (TPSA) is 74.2 Å². The van der Waals surface area contributed by atoms with Crippen molar-refractivity contribution in [3.63, 3.8) is 0 Å². The fraction of sp³-hybridized carbons (Fsp3) is 0.450. The van der Waals surface area contributed by atoms with Gasteiger partial charge in [-0.3, -0.25) is 4.79 Å². The van der Waals surface area contributed by atoms with E-state index in [-0.39, 0.29) is 37.3 Å². The SMILES string of the molecule is CC1C(=O)C2=C(C3OCOC3C=C2)C(O)(c2ccc3c(c2)OCO3)C1C. The highest BCUT2D eigenvalue weighted by molar-refractivity contribution is 6.02. The quantitative estimate of drug-likeness (QED) is 0.830. The molecule has 0 saturated carbocycles. The molecule has 5 rings (SSSR count). The van der Waals surface area contributed by atoms with E-state index in [0.29, 0.717) is 28.2 Å². The van der Waals surface area contributed by atoms with Crippen molar-refractivity contribution < 1.29 is 28.8 Å². The first-order chi connectivity index (χ1) is 12.5. The fourth-order valence-corrected chi connectivity index (χ4v) is 4.48. The summed E-state index contributed by atoms with van der Waals surface area (Å²) in [7, 11) is 0. The van der Waals surface area contributed by atoms with Gasteiger partial charge in [0, 0.05) is 23.0 Å². The van der Waals surface area contributed by atoms with Gasteiger partial charge in [0.25, 0.3) is 0 Å². The second kappa shape index (κ2) is 5.42. The van der Waals surface area contributed by atoms with E-state index in [1.165, 1.54) is 0 Å². The highest BCUT2D eigenvalue weighted by Crippen LogP contribution is 2.52. The van der Waals surface area contributed by atoms with Crippen LogP contribution >= 0.6 is 0 Å². The van der Waals surface area contributed by atoms with Crippen LogP contribution < -0.4 is 9.47 Å². The summed E-state index contributed by atoms with van der Waals surface area (Å²) in [4.78, 5) is 12.9. The Labute approximate surface area is 151 Å². The number of carbonyl (C=O) groups excluding carboxylic acids is 1. The van der Waals surface area contributed by atoms with E-state index in [9.17, 15) is 9.90 Å². The Morgan fingerprint density at radius 3 is 2.77 bits per heavy atom. The highest BCUT2D eigenvalue weighted by atomic mass is 16.7. The molecule has 1 aromatic rings. The minimum absolute atomic E-state index is 0.0307. The van der Waals surface area contributed by atoms with Gasteiger partial charge in [0.05, 0.1) is 0 Å². The van der Waals surface area contributed by atoms with Crippen molar-refractivity contribution in [3.05, 3.63) is 47.1 Å². The third kappa shape index (κ3) is 1.95. The lowest BCUT2D eigenvalue weighted by Gasteiger charge is -2.47. The first-order valence-corrected chi connectivity index (χ1v) is 8.84. The Balaban J connectivity index is 1.73. The molecule has 6 heteroatoms. The monoisotopic (exact) mass is 356 g/mol. The molecule has 0 aromatic heterocycles. The van der Waals surface area contributed by atoms with E-state index in [1.807, 2.05) is 26.0 Å². The zero-order valence-electron chi connectivity index (χ0n) is 14.6. The van der Waals surface area contributed by atoms with Crippen molar-refractivity contribution in [1.29, 1.82) is 0 Å². The molecule has 5 atom stereocenters. The van der Waals surface area contributed by atoms with Gasteiger partial charge in [-0.15, -0.1) is 0 Å². The van der Waals surface area contributed by atoms with Gasteiger partial charge in [-0.1, -0.05) is 32.1 Å². The maximum atomic E-state index is 12.9. The van der Waals surface area contributed by atoms with Gasteiger partial charge in [-0.2, -0.15) is 0 Å². The average Bonchev–Trinajstić information content (AvgIpc) is 3.31. The average molecular weight is 356 g/mol. The summed E-state index contributed by atoms with van der Waals surface area (Å²) in [6.45, 7) is 4.08. The van der Waals surface area contributed by atoms with Gasteiger partial charge >= 0.3 is 0 Å². The summed E-state index contributed by atoms with van der Waals surface area (Å²) < 4.78 is 22.2. The molecule has 2 aliphatic carbocycles. The number of allylic oxidation sites excluding steroid dienone is 2. The molecule has 5 unspecified atom stereocenters. The van der Waals surface area contributed by atoms with E-state index in [2.05, 4.69) is 0 Å². The lowest BCUT2D eigenvalue weighted by atomic mass is 9.61. The predicted octanol–water partition coefficient (Wildman–Crippen LogP) is 2.07. The largest absolute Gasteiger partial charge is 0.454 e. The minimum atomic E-state index is -1.36. The lowest BCUT2D eigenvalue weighted by Crippen LogP contribution is -2.51. The zero-order chi connectivity index (χ0) is 18.1. The van der Waals surface area contributed by atoms with Crippen molar-refractivity contribution in [1.82, 2.24) is 0 Å². The molecule has 26 heavy (non-hydrogen) atoms. The van der Waals surface area contributed by atoms with Gasteiger partial charge < -0.3 is 24.1 Å². The Bertz CT molecular complexity index is 856. The lowest BCUT2D eigenvalue weighted by molar-refractivity contribution is -0.127. The van der Waals surface area contributed by atoms with Crippen molar-refractivity contribution in [2.75, 3.05) is 13.6 Å². The molecule has 1 saturated heterocycles. The van der Waals surface area contributed by atoms with Crippen LogP contribution in [-0.4, -0.2) is 36.7 Å². The molecule has 6 nitrogen and oxygen atoms in total. The number of aliphatic hydroxyl groups is 1. The molecule has 0 radical (unpaired) electrons. The van der Waals surface area contributed by atoms with Gasteiger partial charge in [0.15, 0.2) is 17.3 Å². The number of hydrogen-bond donors (Lipinski definition) is 1. The molecule has 0 amide bonds. The predicted molar refractivity (Wildman–Crippen MR) is 90.6 cm³/mol. The standard InChI is InChI=1S/C20H20O6/c1-10-11(2)20(22,12-3-5-14-16(7-12)25-8-23-14)17-13(18(10)21)4-6-15-19(17)26-9-24-15/h3-7,10-11,15,19,22H,8-9H2,1-2H3. The van der Waals surface area contributed by atoms with E-state index >= 15 is 0 Å². The van der Waals surface area contributed by atoms with Gasteiger partial charge in [0.1, 0.15) is 24.6 Å². The normalized spacial score (nSPS) is 37.7. The van der Waals surface area contributed by atoms with Crippen LogP contribution in [0.15, 0.2) is 41.5 Å². The number of carbonyl (C=O) groups is 1. The number of benzene rings is 1. The van der Waals surface area contributed by atoms with E-state index in [4.69, 9.17) is 18.9 Å². The molecule has 4 aliphatic rings. The highest BCUT2D eigenvalue weighted by Gasteiger charge is 2.55. The number of ether oxygens (including phenoxy) is 4. The zero-order valence-corrected chi connectivity index (χ0v) is 14.6. The van der Waals surface area contributed by atoms with Crippen molar-refractivity contribution >= 4 is 5.78 Å².